The van der Waals surface area contributed by atoms with E-state index in [-0.39, 0.29) is 12.0 Å². The van der Waals surface area contributed by atoms with Crippen LogP contribution in [-0.4, -0.2) is 24.7 Å². The highest BCUT2D eigenvalue weighted by molar-refractivity contribution is 6.30. The molecule has 1 unspecified atom stereocenters. The fourth-order valence-corrected chi connectivity index (χ4v) is 2.18. The first-order valence-electron chi connectivity index (χ1n) is 5.98. The van der Waals surface area contributed by atoms with Crippen molar-refractivity contribution in [3.05, 3.63) is 34.9 Å². The highest BCUT2D eigenvalue weighted by Gasteiger charge is 2.34. The number of hydrogen-bond donors (Lipinski definition) is 1. The number of methoxy groups -OCH3 is 1. The molecule has 0 saturated heterocycles. The molecular formula is C14H20ClNO2. The second-order valence-electron chi connectivity index (χ2n) is 4.93. The first kappa shape index (κ1) is 15.0. The highest BCUT2D eigenvalue weighted by atomic mass is 35.5. The SMILES string of the molecule is COC(=O)C(C)(Cc1ccc(Cl)cc1)NC(C)C. The molecular weight excluding hydrogens is 250 g/mol. The third-order valence-corrected chi connectivity index (χ3v) is 2.97. The number of esters is 1. The number of hydrogen-bond acceptors (Lipinski definition) is 3. The standard InChI is InChI=1S/C14H20ClNO2/c1-10(2)16-14(3,13(17)18-4)9-11-5-7-12(15)8-6-11/h5-8,10,16H,9H2,1-4H3. The van der Waals surface area contributed by atoms with E-state index in [0.717, 1.165) is 5.56 Å². The van der Waals surface area contributed by atoms with Crippen molar-refractivity contribution in [2.75, 3.05) is 7.11 Å². The van der Waals surface area contributed by atoms with Crippen molar-refractivity contribution >= 4 is 17.6 Å². The Morgan fingerprint density at radius 1 is 1.39 bits per heavy atom. The van der Waals surface area contributed by atoms with Gasteiger partial charge in [0.1, 0.15) is 5.54 Å². The van der Waals surface area contributed by atoms with E-state index in [1.54, 1.807) is 0 Å². The van der Waals surface area contributed by atoms with E-state index in [1.165, 1.54) is 7.11 Å². The molecule has 18 heavy (non-hydrogen) atoms. The van der Waals surface area contributed by atoms with E-state index in [2.05, 4.69) is 5.32 Å². The van der Waals surface area contributed by atoms with Gasteiger partial charge in [0, 0.05) is 17.5 Å². The van der Waals surface area contributed by atoms with Crippen molar-refractivity contribution in [3.8, 4) is 0 Å². The van der Waals surface area contributed by atoms with Gasteiger partial charge in [-0.15, -0.1) is 0 Å². The summed E-state index contributed by atoms with van der Waals surface area (Å²) in [5.41, 5.74) is 0.317. The lowest BCUT2D eigenvalue weighted by Gasteiger charge is -2.30. The van der Waals surface area contributed by atoms with Gasteiger partial charge in [0.05, 0.1) is 7.11 Å². The van der Waals surface area contributed by atoms with Crippen LogP contribution < -0.4 is 5.32 Å². The minimum Gasteiger partial charge on any atom is -0.468 e. The van der Waals surface area contributed by atoms with Gasteiger partial charge in [-0.05, 0) is 38.5 Å². The summed E-state index contributed by atoms with van der Waals surface area (Å²) in [4.78, 5) is 11.9. The van der Waals surface area contributed by atoms with Crippen LogP contribution in [0.5, 0.6) is 0 Å². The van der Waals surface area contributed by atoms with Crippen LogP contribution >= 0.6 is 11.6 Å². The molecule has 3 nitrogen and oxygen atoms in total. The molecule has 0 amide bonds. The smallest absolute Gasteiger partial charge is 0.326 e. The molecule has 0 saturated carbocycles. The van der Waals surface area contributed by atoms with E-state index in [1.807, 2.05) is 45.0 Å². The Hall–Kier alpha value is -1.06. The van der Waals surface area contributed by atoms with Crippen molar-refractivity contribution in [1.82, 2.24) is 5.32 Å². The molecule has 0 aliphatic carbocycles. The maximum atomic E-state index is 11.9. The second-order valence-corrected chi connectivity index (χ2v) is 5.36. The van der Waals surface area contributed by atoms with Crippen LogP contribution in [0.2, 0.25) is 5.02 Å². The molecule has 4 heteroatoms. The van der Waals surface area contributed by atoms with Gasteiger partial charge in [0.15, 0.2) is 0 Å². The lowest BCUT2D eigenvalue weighted by atomic mass is 9.92. The van der Waals surface area contributed by atoms with Crippen molar-refractivity contribution < 1.29 is 9.53 Å². The van der Waals surface area contributed by atoms with E-state index >= 15 is 0 Å². The molecule has 0 spiro atoms. The summed E-state index contributed by atoms with van der Waals surface area (Å²) in [6.07, 6.45) is 0.565. The molecule has 1 rings (SSSR count). The van der Waals surface area contributed by atoms with Crippen molar-refractivity contribution in [2.24, 2.45) is 0 Å². The van der Waals surface area contributed by atoms with Crippen LogP contribution in [0.15, 0.2) is 24.3 Å². The third kappa shape index (κ3) is 4.00. The fraction of sp³-hybridized carbons (Fsp3) is 0.500. The molecule has 0 aromatic heterocycles. The normalized spacial score (nSPS) is 14.3. The van der Waals surface area contributed by atoms with Gasteiger partial charge in [-0.25, -0.2) is 0 Å². The van der Waals surface area contributed by atoms with E-state index in [4.69, 9.17) is 16.3 Å². The van der Waals surface area contributed by atoms with Crippen LogP contribution in [0.25, 0.3) is 0 Å². The predicted molar refractivity (Wildman–Crippen MR) is 73.8 cm³/mol. The number of benzene rings is 1. The molecule has 0 radical (unpaired) electrons. The van der Waals surface area contributed by atoms with Crippen LogP contribution in [-0.2, 0) is 16.0 Å². The first-order chi connectivity index (χ1) is 8.37. The average Bonchev–Trinajstić information content (AvgIpc) is 2.30. The Morgan fingerprint density at radius 3 is 2.39 bits per heavy atom. The number of rotatable bonds is 5. The molecule has 0 aliphatic heterocycles. The van der Waals surface area contributed by atoms with Gasteiger partial charge in [0.2, 0.25) is 0 Å². The van der Waals surface area contributed by atoms with Gasteiger partial charge >= 0.3 is 5.97 Å². The van der Waals surface area contributed by atoms with Crippen LogP contribution in [0.4, 0.5) is 0 Å². The molecule has 1 N–H and O–H groups in total. The van der Waals surface area contributed by atoms with Gasteiger partial charge < -0.3 is 4.74 Å². The predicted octanol–water partition coefficient (Wildman–Crippen LogP) is 2.81. The van der Waals surface area contributed by atoms with Crippen LogP contribution in [0, 0.1) is 0 Å². The minimum atomic E-state index is -0.725. The Labute approximate surface area is 113 Å². The van der Waals surface area contributed by atoms with E-state index in [9.17, 15) is 4.79 Å². The number of carbonyl (C=O) groups excluding carboxylic acids is 1. The summed E-state index contributed by atoms with van der Waals surface area (Å²) in [6.45, 7) is 5.86. The molecule has 0 aliphatic rings. The monoisotopic (exact) mass is 269 g/mol. The maximum Gasteiger partial charge on any atom is 0.326 e. The summed E-state index contributed by atoms with van der Waals surface area (Å²) >= 11 is 5.85. The Morgan fingerprint density at radius 2 is 1.94 bits per heavy atom. The molecule has 0 fully saturated rings. The lowest BCUT2D eigenvalue weighted by Crippen LogP contribution is -2.54. The summed E-state index contributed by atoms with van der Waals surface area (Å²) in [6, 6.07) is 7.69. The number of nitrogens with one attached hydrogen (secondary N) is 1. The summed E-state index contributed by atoms with van der Waals surface area (Å²) in [7, 11) is 1.41. The number of ether oxygens (including phenoxy) is 1. The Kier molecular flexibility index (Phi) is 5.17. The fourth-order valence-electron chi connectivity index (χ4n) is 2.06. The largest absolute Gasteiger partial charge is 0.468 e. The van der Waals surface area contributed by atoms with Gasteiger partial charge in [0.25, 0.3) is 0 Å². The third-order valence-electron chi connectivity index (χ3n) is 2.71. The second kappa shape index (κ2) is 6.21. The molecule has 0 bridgehead atoms. The zero-order valence-corrected chi connectivity index (χ0v) is 12.0. The molecule has 0 heterocycles. The molecule has 1 aromatic rings. The van der Waals surface area contributed by atoms with Crippen molar-refractivity contribution in [2.45, 2.75) is 38.8 Å². The van der Waals surface area contributed by atoms with E-state index < -0.39 is 5.54 Å². The van der Waals surface area contributed by atoms with Gasteiger partial charge in [-0.2, -0.15) is 0 Å². The quantitative estimate of drug-likeness (QED) is 0.836. The summed E-state index contributed by atoms with van der Waals surface area (Å²) in [5, 5.41) is 3.95. The topological polar surface area (TPSA) is 38.3 Å². The van der Waals surface area contributed by atoms with Crippen molar-refractivity contribution in [1.29, 1.82) is 0 Å². The number of halogens is 1. The molecule has 1 aromatic carbocycles. The van der Waals surface area contributed by atoms with E-state index in [0.29, 0.717) is 11.4 Å². The summed E-state index contributed by atoms with van der Waals surface area (Å²) < 4.78 is 4.88. The van der Waals surface area contributed by atoms with Crippen LogP contribution in [0.1, 0.15) is 26.3 Å². The highest BCUT2D eigenvalue weighted by Crippen LogP contribution is 2.18. The lowest BCUT2D eigenvalue weighted by molar-refractivity contribution is -0.148. The molecule has 100 valence electrons. The van der Waals surface area contributed by atoms with Gasteiger partial charge in [-0.3, -0.25) is 10.1 Å². The zero-order valence-electron chi connectivity index (χ0n) is 11.3. The Bertz CT molecular complexity index is 403. The average molecular weight is 270 g/mol. The number of carbonyl (C=O) groups is 1. The molecule has 1 atom stereocenters. The Balaban J connectivity index is 2.90. The summed E-state index contributed by atoms with van der Waals surface area (Å²) in [5.74, 6) is -0.258. The van der Waals surface area contributed by atoms with Crippen molar-refractivity contribution in [3.63, 3.8) is 0 Å². The van der Waals surface area contributed by atoms with Gasteiger partial charge in [-0.1, -0.05) is 23.7 Å². The minimum absolute atomic E-state index is 0.196. The first-order valence-corrected chi connectivity index (χ1v) is 6.36. The maximum absolute atomic E-state index is 11.9. The zero-order chi connectivity index (χ0) is 13.8. The van der Waals surface area contributed by atoms with Crippen LogP contribution in [0.3, 0.4) is 0 Å².